The number of nitrogens with one attached hydrogen (secondary N) is 1. The highest BCUT2D eigenvalue weighted by Crippen LogP contribution is 2.29. The van der Waals surface area contributed by atoms with Gasteiger partial charge in [-0.15, -0.1) is 0 Å². The van der Waals surface area contributed by atoms with Crippen molar-refractivity contribution in [2.24, 2.45) is 5.92 Å². The Balaban J connectivity index is 1.72. The number of Topliss-reactive ketones (excluding diaryl/α,β-unsaturated/α-hetero) is 1. The second-order valence-electron chi connectivity index (χ2n) is 6.40. The molecule has 1 aromatic rings. The van der Waals surface area contributed by atoms with Crippen molar-refractivity contribution in [3.8, 4) is 0 Å². The number of rotatable bonds is 3. The number of carbonyl (C=O) groups excluding carboxylic acids is 2. The zero-order chi connectivity index (χ0) is 14.7. The van der Waals surface area contributed by atoms with Crippen molar-refractivity contribution in [2.45, 2.75) is 57.8 Å². The summed E-state index contributed by atoms with van der Waals surface area (Å²) in [6.07, 6.45) is 9.26. The molecule has 2 aliphatic rings. The van der Waals surface area contributed by atoms with E-state index in [1.54, 1.807) is 0 Å². The molecule has 0 saturated heterocycles. The van der Waals surface area contributed by atoms with E-state index in [1.807, 2.05) is 18.2 Å². The number of anilines is 1. The molecule has 0 spiro atoms. The van der Waals surface area contributed by atoms with Crippen LogP contribution in [0.4, 0.5) is 5.69 Å². The Hall–Kier alpha value is -1.64. The van der Waals surface area contributed by atoms with Crippen LogP contribution in [0.25, 0.3) is 0 Å². The highest BCUT2D eigenvalue weighted by molar-refractivity contribution is 5.98. The molecule has 1 aromatic carbocycles. The first-order valence-electron chi connectivity index (χ1n) is 8.18. The first-order chi connectivity index (χ1) is 10.2. The molecule has 21 heavy (non-hydrogen) atoms. The molecule has 1 aliphatic carbocycles. The average Bonchev–Trinajstić information content (AvgIpc) is 2.68. The fourth-order valence-electron chi connectivity index (χ4n) is 3.52. The third-order valence-corrected chi connectivity index (χ3v) is 4.75. The molecule has 0 aromatic heterocycles. The van der Waals surface area contributed by atoms with Crippen LogP contribution in [-0.2, 0) is 11.2 Å². The average molecular weight is 285 g/mol. The minimum atomic E-state index is 0.0787. The van der Waals surface area contributed by atoms with Gasteiger partial charge in [0.1, 0.15) is 0 Å². The highest BCUT2D eigenvalue weighted by Gasteiger charge is 2.19. The molecule has 0 bridgehead atoms. The molecule has 1 amide bonds. The van der Waals surface area contributed by atoms with Crippen molar-refractivity contribution in [1.29, 1.82) is 0 Å². The van der Waals surface area contributed by atoms with Gasteiger partial charge in [-0.25, -0.2) is 0 Å². The van der Waals surface area contributed by atoms with Crippen molar-refractivity contribution >= 4 is 17.4 Å². The van der Waals surface area contributed by atoms with Gasteiger partial charge in [-0.1, -0.05) is 32.1 Å². The largest absolute Gasteiger partial charge is 0.326 e. The van der Waals surface area contributed by atoms with E-state index in [9.17, 15) is 9.59 Å². The molecule has 3 heteroatoms. The summed E-state index contributed by atoms with van der Waals surface area (Å²) in [6, 6.07) is 5.76. The second-order valence-corrected chi connectivity index (χ2v) is 6.40. The summed E-state index contributed by atoms with van der Waals surface area (Å²) in [5.41, 5.74) is 2.80. The number of hydrogen-bond donors (Lipinski definition) is 1. The van der Waals surface area contributed by atoms with Gasteiger partial charge in [0.2, 0.25) is 5.91 Å². The van der Waals surface area contributed by atoms with Crippen LogP contribution >= 0.6 is 0 Å². The van der Waals surface area contributed by atoms with Gasteiger partial charge in [0.05, 0.1) is 0 Å². The van der Waals surface area contributed by atoms with E-state index >= 15 is 0 Å². The number of fused-ring (bicyclic) bond motifs is 1. The summed E-state index contributed by atoms with van der Waals surface area (Å²) in [5.74, 6) is 0.917. The minimum absolute atomic E-state index is 0.0787. The third-order valence-electron chi connectivity index (χ3n) is 4.75. The summed E-state index contributed by atoms with van der Waals surface area (Å²) < 4.78 is 0. The number of aryl methyl sites for hydroxylation is 1. The van der Waals surface area contributed by atoms with Gasteiger partial charge < -0.3 is 5.32 Å². The van der Waals surface area contributed by atoms with Crippen molar-refractivity contribution < 1.29 is 9.59 Å². The number of benzene rings is 1. The molecule has 0 radical (unpaired) electrons. The number of amides is 1. The van der Waals surface area contributed by atoms with Crippen molar-refractivity contribution in [3.05, 3.63) is 29.3 Å². The van der Waals surface area contributed by atoms with Gasteiger partial charge in [0.25, 0.3) is 0 Å². The lowest BCUT2D eigenvalue weighted by Crippen LogP contribution is -2.13. The Kier molecular flexibility index (Phi) is 4.37. The smallest absolute Gasteiger partial charge is 0.224 e. The Bertz CT molecular complexity index is 544. The van der Waals surface area contributed by atoms with Crippen LogP contribution in [-0.4, -0.2) is 11.7 Å². The lowest BCUT2D eigenvalue weighted by atomic mass is 9.84. The van der Waals surface area contributed by atoms with E-state index in [4.69, 9.17) is 0 Å². The van der Waals surface area contributed by atoms with E-state index in [0.29, 0.717) is 18.8 Å². The summed E-state index contributed by atoms with van der Waals surface area (Å²) >= 11 is 0. The molecule has 0 atom stereocenters. The molecule has 1 saturated carbocycles. The lowest BCUT2D eigenvalue weighted by molar-refractivity contribution is -0.116. The Morgan fingerprint density at radius 3 is 2.71 bits per heavy atom. The zero-order valence-corrected chi connectivity index (χ0v) is 12.5. The predicted molar refractivity (Wildman–Crippen MR) is 83.5 cm³/mol. The summed E-state index contributed by atoms with van der Waals surface area (Å²) in [6.45, 7) is 0. The van der Waals surface area contributed by atoms with Crippen LogP contribution in [0.5, 0.6) is 0 Å². The molecule has 3 nitrogen and oxygen atoms in total. The Morgan fingerprint density at radius 1 is 1.10 bits per heavy atom. The second kappa shape index (κ2) is 6.42. The van der Waals surface area contributed by atoms with Gasteiger partial charge in [0.15, 0.2) is 5.78 Å². The lowest BCUT2D eigenvalue weighted by Gasteiger charge is -2.20. The maximum atomic E-state index is 12.5. The first kappa shape index (κ1) is 14.3. The van der Waals surface area contributed by atoms with Crippen LogP contribution in [0.3, 0.4) is 0 Å². The van der Waals surface area contributed by atoms with Gasteiger partial charge in [0, 0.05) is 24.1 Å². The summed E-state index contributed by atoms with van der Waals surface area (Å²) in [4.78, 5) is 24.0. The van der Waals surface area contributed by atoms with Gasteiger partial charge >= 0.3 is 0 Å². The molecule has 1 fully saturated rings. The molecule has 112 valence electrons. The Morgan fingerprint density at radius 2 is 1.90 bits per heavy atom. The molecule has 1 heterocycles. The number of hydrogen-bond acceptors (Lipinski definition) is 2. The SMILES string of the molecule is O=C1CCCc2cc(C(=O)CC3CCCCC3)ccc2N1. The molecule has 3 rings (SSSR count). The molecule has 0 unspecified atom stereocenters. The predicted octanol–water partition coefficient (Wildman–Crippen LogP) is 4.11. The van der Waals surface area contributed by atoms with E-state index < -0.39 is 0 Å². The zero-order valence-electron chi connectivity index (χ0n) is 12.5. The molecular formula is C18H23NO2. The van der Waals surface area contributed by atoms with Crippen LogP contribution < -0.4 is 5.32 Å². The first-order valence-corrected chi connectivity index (χ1v) is 8.18. The molecule has 1 aliphatic heterocycles. The quantitative estimate of drug-likeness (QED) is 0.849. The van der Waals surface area contributed by atoms with E-state index in [0.717, 1.165) is 29.7 Å². The maximum Gasteiger partial charge on any atom is 0.224 e. The van der Waals surface area contributed by atoms with Crippen LogP contribution in [0, 0.1) is 5.92 Å². The summed E-state index contributed by atoms with van der Waals surface area (Å²) in [5, 5.41) is 2.92. The number of ketones is 1. The van der Waals surface area contributed by atoms with Gasteiger partial charge in [-0.05, 0) is 42.5 Å². The van der Waals surface area contributed by atoms with E-state index in [-0.39, 0.29) is 11.7 Å². The highest BCUT2D eigenvalue weighted by atomic mass is 16.1. The maximum absolute atomic E-state index is 12.5. The topological polar surface area (TPSA) is 46.2 Å². The molecular weight excluding hydrogens is 262 g/mol. The Labute approximate surface area is 126 Å². The van der Waals surface area contributed by atoms with Crippen molar-refractivity contribution in [1.82, 2.24) is 0 Å². The number of carbonyl (C=O) groups is 2. The summed E-state index contributed by atoms with van der Waals surface area (Å²) in [7, 11) is 0. The fraction of sp³-hybridized carbons (Fsp3) is 0.556. The van der Waals surface area contributed by atoms with E-state index in [1.165, 1.54) is 32.1 Å². The van der Waals surface area contributed by atoms with Crippen LogP contribution in [0.15, 0.2) is 18.2 Å². The van der Waals surface area contributed by atoms with E-state index in [2.05, 4.69) is 5.32 Å². The standard InChI is InChI=1S/C18H23NO2/c20-17(11-13-5-2-1-3-6-13)15-9-10-16-14(12-15)7-4-8-18(21)19-16/h9-10,12-13H,1-8,11H2,(H,19,21). The van der Waals surface area contributed by atoms with Gasteiger partial charge in [-0.2, -0.15) is 0 Å². The van der Waals surface area contributed by atoms with Gasteiger partial charge in [-0.3, -0.25) is 9.59 Å². The normalized spacial score (nSPS) is 19.5. The van der Waals surface area contributed by atoms with Crippen LogP contribution in [0.2, 0.25) is 0 Å². The monoisotopic (exact) mass is 285 g/mol. The molecule has 1 N–H and O–H groups in total. The third kappa shape index (κ3) is 3.52. The van der Waals surface area contributed by atoms with Crippen molar-refractivity contribution in [2.75, 3.05) is 5.32 Å². The van der Waals surface area contributed by atoms with Crippen LogP contribution in [0.1, 0.15) is 67.3 Å². The fourth-order valence-corrected chi connectivity index (χ4v) is 3.52. The minimum Gasteiger partial charge on any atom is -0.326 e. The van der Waals surface area contributed by atoms with Crippen molar-refractivity contribution in [3.63, 3.8) is 0 Å².